The van der Waals surface area contributed by atoms with Crippen LogP contribution in [0.2, 0.25) is 0 Å². The molecule has 0 radical (unpaired) electrons. The Kier molecular flexibility index (Phi) is 9.98. The molecule has 0 saturated heterocycles. The third-order valence-electron chi connectivity index (χ3n) is 3.55. The summed E-state index contributed by atoms with van der Waals surface area (Å²) in [6.45, 7) is 3.71. The highest BCUT2D eigenvalue weighted by Gasteiger charge is 2.19. The van der Waals surface area contributed by atoms with E-state index in [-0.39, 0.29) is 18.0 Å². The van der Waals surface area contributed by atoms with Crippen molar-refractivity contribution in [2.75, 3.05) is 45.4 Å². The number of carbonyl (C=O) groups is 2. The fraction of sp³-hybridized carbons (Fsp3) is 0.368. The second-order valence-corrected chi connectivity index (χ2v) is 5.49. The molecule has 1 aromatic heterocycles. The van der Waals surface area contributed by atoms with E-state index >= 15 is 0 Å². The lowest BCUT2D eigenvalue weighted by molar-refractivity contribution is -0.128. The molecular formula is C19H26N2O7. The number of methoxy groups -OCH3 is 1. The Bertz CT molecular complexity index is 729. The molecule has 9 nitrogen and oxygen atoms in total. The highest BCUT2D eigenvalue weighted by Crippen LogP contribution is 2.39. The van der Waals surface area contributed by atoms with Crippen molar-refractivity contribution in [3.8, 4) is 22.9 Å². The minimum atomic E-state index is -0.269. The van der Waals surface area contributed by atoms with Crippen molar-refractivity contribution >= 4 is 18.6 Å². The summed E-state index contributed by atoms with van der Waals surface area (Å²) in [5.74, 6) is 0.504. The first-order chi connectivity index (χ1) is 13.5. The van der Waals surface area contributed by atoms with E-state index in [4.69, 9.17) is 9.47 Å². The van der Waals surface area contributed by atoms with Crippen LogP contribution >= 0.6 is 0 Å². The van der Waals surface area contributed by atoms with E-state index in [0.717, 1.165) is 6.29 Å². The number of aromatic nitrogens is 1. The number of benzene rings is 1. The molecule has 0 unspecified atom stereocenters. The summed E-state index contributed by atoms with van der Waals surface area (Å²) in [7, 11) is 3.26. The summed E-state index contributed by atoms with van der Waals surface area (Å²) in [5.41, 5.74) is 0.715. The van der Waals surface area contributed by atoms with E-state index in [0.29, 0.717) is 43.5 Å². The number of likely N-dealkylation sites (N-methyl/N-ethyl adjacent to an activating group) is 1. The second kappa shape index (κ2) is 12.2. The zero-order valence-electron chi connectivity index (χ0n) is 16.2. The minimum absolute atomic E-state index is 0.0925. The van der Waals surface area contributed by atoms with E-state index in [1.54, 1.807) is 54.8 Å². The summed E-state index contributed by atoms with van der Waals surface area (Å²) < 4.78 is 16.2. The zero-order valence-corrected chi connectivity index (χ0v) is 16.2. The first kappa shape index (κ1) is 22.8. The molecule has 0 spiro atoms. The molecule has 28 heavy (non-hydrogen) atoms. The van der Waals surface area contributed by atoms with Gasteiger partial charge in [0.1, 0.15) is 18.6 Å². The Morgan fingerprint density at radius 3 is 2.32 bits per heavy atom. The van der Waals surface area contributed by atoms with Crippen LogP contribution in [0, 0.1) is 0 Å². The predicted octanol–water partition coefficient (Wildman–Crippen LogP) is 1.73. The zero-order chi connectivity index (χ0) is 20.9. The molecule has 0 aliphatic rings. The summed E-state index contributed by atoms with van der Waals surface area (Å²) in [6, 6.07) is 7.14. The van der Waals surface area contributed by atoms with Crippen LogP contribution < -0.4 is 9.64 Å². The van der Waals surface area contributed by atoms with E-state index in [1.807, 2.05) is 0 Å². The Labute approximate surface area is 163 Å². The van der Waals surface area contributed by atoms with Crippen LogP contribution in [0.5, 0.6) is 17.2 Å². The van der Waals surface area contributed by atoms with Gasteiger partial charge in [-0.2, -0.15) is 0 Å². The summed E-state index contributed by atoms with van der Waals surface area (Å²) >= 11 is 0. The number of ether oxygens (including phenoxy) is 3. The van der Waals surface area contributed by atoms with Gasteiger partial charge in [0.2, 0.25) is 5.75 Å². The Balaban J connectivity index is 0.000000696. The summed E-state index contributed by atoms with van der Waals surface area (Å²) in [5, 5.41) is 19.8. The molecule has 0 amide bonds. The molecule has 0 saturated carbocycles. The smallest absolute Gasteiger partial charge is 0.293 e. The minimum Gasteiger partial charge on any atom is -0.503 e. The number of aromatic hydroxyl groups is 2. The van der Waals surface area contributed by atoms with Crippen molar-refractivity contribution < 1.29 is 34.0 Å². The number of nitrogens with zero attached hydrogens (tertiary/aromatic N) is 2. The number of hydrogen-bond acceptors (Lipinski definition) is 8. The Morgan fingerprint density at radius 1 is 1.14 bits per heavy atom. The van der Waals surface area contributed by atoms with Crippen molar-refractivity contribution in [2.45, 2.75) is 6.92 Å². The van der Waals surface area contributed by atoms with E-state index in [9.17, 15) is 19.8 Å². The maximum Gasteiger partial charge on any atom is 0.293 e. The van der Waals surface area contributed by atoms with Crippen molar-refractivity contribution in [3.05, 3.63) is 30.5 Å². The molecular weight excluding hydrogens is 368 g/mol. The Morgan fingerprint density at radius 2 is 1.82 bits per heavy atom. The van der Waals surface area contributed by atoms with Gasteiger partial charge in [0.05, 0.1) is 26.0 Å². The highest BCUT2D eigenvalue weighted by molar-refractivity contribution is 5.68. The molecule has 0 aliphatic heterocycles. The number of rotatable bonds is 10. The van der Waals surface area contributed by atoms with Gasteiger partial charge >= 0.3 is 0 Å². The molecule has 9 heteroatoms. The van der Waals surface area contributed by atoms with E-state index < -0.39 is 0 Å². The van der Waals surface area contributed by atoms with Crippen LogP contribution in [-0.2, 0) is 19.1 Å². The molecule has 1 aromatic carbocycles. The fourth-order valence-corrected chi connectivity index (χ4v) is 2.25. The van der Waals surface area contributed by atoms with Crippen molar-refractivity contribution in [2.24, 2.45) is 0 Å². The van der Waals surface area contributed by atoms with Crippen LogP contribution in [0.15, 0.2) is 30.5 Å². The molecule has 2 N–H and O–H groups in total. The maximum absolute atomic E-state index is 10.7. The lowest BCUT2D eigenvalue weighted by Gasteiger charge is -2.19. The lowest BCUT2D eigenvalue weighted by Crippen LogP contribution is -2.22. The average Bonchev–Trinajstić information content (AvgIpc) is 2.99. The molecule has 0 fully saturated rings. The summed E-state index contributed by atoms with van der Waals surface area (Å²) in [6.07, 6.45) is 2.12. The van der Waals surface area contributed by atoms with Crippen LogP contribution in [0.4, 0.5) is 5.82 Å². The van der Waals surface area contributed by atoms with Gasteiger partial charge in [-0.05, 0) is 31.2 Å². The maximum atomic E-state index is 10.7. The largest absolute Gasteiger partial charge is 0.503 e. The van der Waals surface area contributed by atoms with Gasteiger partial charge in [-0.3, -0.25) is 9.36 Å². The van der Waals surface area contributed by atoms with Crippen LogP contribution in [0.1, 0.15) is 6.92 Å². The van der Waals surface area contributed by atoms with Gasteiger partial charge in [0.15, 0.2) is 11.6 Å². The highest BCUT2D eigenvalue weighted by atomic mass is 16.5. The van der Waals surface area contributed by atoms with Gasteiger partial charge in [-0.1, -0.05) is 0 Å². The first-order valence-electron chi connectivity index (χ1n) is 8.55. The van der Waals surface area contributed by atoms with Crippen LogP contribution in [0.25, 0.3) is 5.69 Å². The summed E-state index contributed by atoms with van der Waals surface area (Å²) in [4.78, 5) is 21.4. The van der Waals surface area contributed by atoms with Crippen LogP contribution in [-0.4, -0.2) is 68.1 Å². The molecule has 0 aliphatic carbocycles. The topological polar surface area (TPSA) is 110 Å². The first-order valence-corrected chi connectivity index (χ1v) is 8.55. The van der Waals surface area contributed by atoms with E-state index in [2.05, 4.69) is 4.74 Å². The molecule has 154 valence electrons. The third kappa shape index (κ3) is 6.51. The molecule has 2 aromatic rings. The fourth-order valence-electron chi connectivity index (χ4n) is 2.25. The number of hydrogen-bond donors (Lipinski definition) is 2. The predicted molar refractivity (Wildman–Crippen MR) is 103 cm³/mol. The standard InChI is InChI=1S/C16H20N2O5.C3H6O2/c1-17(7-8-19)16-15(21)14(20)11-18(16)12-3-5-13(6-4-12)23-10-9-22-2;1-2-5-3-4/h3-6,8,11,20-21H,7,9-10H2,1-2H3;3H,2H2,1H3. The van der Waals surface area contributed by atoms with Crippen molar-refractivity contribution in [3.63, 3.8) is 0 Å². The Hall–Kier alpha value is -3.20. The molecule has 0 bridgehead atoms. The quantitative estimate of drug-likeness (QED) is 0.463. The monoisotopic (exact) mass is 394 g/mol. The number of carbonyl (C=O) groups excluding carboxylic acids is 2. The van der Waals surface area contributed by atoms with Crippen molar-refractivity contribution in [1.82, 2.24) is 4.57 Å². The third-order valence-corrected chi connectivity index (χ3v) is 3.55. The molecule has 0 atom stereocenters. The SMILES string of the molecule is CCOC=O.COCCOc1ccc(-n2cc(O)c(O)c2N(C)CC=O)cc1. The van der Waals surface area contributed by atoms with Gasteiger partial charge < -0.3 is 34.1 Å². The average molecular weight is 394 g/mol. The normalized spacial score (nSPS) is 9.82. The second-order valence-electron chi connectivity index (χ2n) is 5.49. The van der Waals surface area contributed by atoms with Crippen LogP contribution in [0.3, 0.4) is 0 Å². The molecule has 2 rings (SSSR count). The van der Waals surface area contributed by atoms with Gasteiger partial charge in [-0.25, -0.2) is 0 Å². The van der Waals surface area contributed by atoms with E-state index in [1.165, 1.54) is 6.20 Å². The number of anilines is 1. The van der Waals surface area contributed by atoms with Crippen molar-refractivity contribution in [1.29, 1.82) is 0 Å². The van der Waals surface area contributed by atoms with Gasteiger partial charge in [-0.15, -0.1) is 0 Å². The van der Waals surface area contributed by atoms with Gasteiger partial charge in [0.25, 0.3) is 6.47 Å². The number of aldehydes is 1. The van der Waals surface area contributed by atoms with Gasteiger partial charge in [0, 0.05) is 19.8 Å². The lowest BCUT2D eigenvalue weighted by atomic mass is 10.3. The molecule has 1 heterocycles.